The van der Waals surface area contributed by atoms with E-state index in [2.05, 4.69) is 25.9 Å². The first-order valence-electron chi connectivity index (χ1n) is 5.69. The van der Waals surface area contributed by atoms with Gasteiger partial charge < -0.3 is 10.1 Å². The summed E-state index contributed by atoms with van der Waals surface area (Å²) >= 11 is 0. The van der Waals surface area contributed by atoms with Crippen LogP contribution < -0.4 is 20.9 Å². The molecule has 8 heteroatoms. The summed E-state index contributed by atoms with van der Waals surface area (Å²) in [6.07, 6.45) is 0. The average molecular weight is 271 g/mol. The Morgan fingerprint density at radius 1 is 1.15 bits per heavy atom. The first kappa shape index (κ1) is 12.0. The van der Waals surface area contributed by atoms with Crippen LogP contribution in [0.25, 0.3) is 11.4 Å². The van der Waals surface area contributed by atoms with Crippen LogP contribution in [0.2, 0.25) is 0 Å². The Hall–Kier alpha value is -3.03. The molecule has 3 aromatic rings. The zero-order valence-corrected chi connectivity index (χ0v) is 10.4. The van der Waals surface area contributed by atoms with E-state index in [1.54, 1.807) is 24.3 Å². The topological polar surface area (TPSA) is 110 Å². The van der Waals surface area contributed by atoms with Gasteiger partial charge in [-0.1, -0.05) is 0 Å². The van der Waals surface area contributed by atoms with Gasteiger partial charge in [0.25, 0.3) is 10.9 Å². The number of tetrazole rings is 1. The Labute approximate surface area is 112 Å². The van der Waals surface area contributed by atoms with E-state index >= 15 is 0 Å². The Balaban J connectivity index is 1.84. The zero-order valence-electron chi connectivity index (χ0n) is 10.4. The van der Waals surface area contributed by atoms with Crippen molar-refractivity contribution >= 4 is 11.4 Å². The average Bonchev–Trinajstić information content (AvgIpc) is 3.01. The van der Waals surface area contributed by atoms with E-state index in [4.69, 9.17) is 4.74 Å². The largest absolute Gasteiger partial charge is 0.491 e. The molecule has 0 saturated carbocycles. The van der Waals surface area contributed by atoms with Gasteiger partial charge in [0.1, 0.15) is 5.69 Å². The molecule has 0 aliphatic rings. The van der Waals surface area contributed by atoms with E-state index in [-0.39, 0.29) is 11.4 Å². The maximum absolute atomic E-state index is 11.4. The van der Waals surface area contributed by atoms with Crippen LogP contribution in [-0.2, 0) is 0 Å². The summed E-state index contributed by atoms with van der Waals surface area (Å²) in [6, 6.07) is 7.01. The molecule has 0 atom stereocenters. The number of rotatable bonds is 4. The predicted octanol–water partition coefficient (Wildman–Crippen LogP) is 0.215. The second-order valence-electron chi connectivity index (χ2n) is 4.00. The van der Waals surface area contributed by atoms with Crippen molar-refractivity contribution < 1.29 is 4.74 Å². The van der Waals surface area contributed by atoms with Gasteiger partial charge in [0.15, 0.2) is 5.75 Å². The van der Waals surface area contributed by atoms with Gasteiger partial charge in [-0.3, -0.25) is 9.59 Å². The highest BCUT2D eigenvalue weighted by Gasteiger charge is 2.21. The first-order chi connectivity index (χ1) is 9.70. The van der Waals surface area contributed by atoms with Crippen LogP contribution in [0.1, 0.15) is 0 Å². The molecule has 0 aliphatic heterocycles. The van der Waals surface area contributed by atoms with Gasteiger partial charge in [0.05, 0.1) is 7.11 Å². The van der Waals surface area contributed by atoms with Gasteiger partial charge in [-0.05, 0) is 29.5 Å². The molecule has 1 aromatic heterocycles. The van der Waals surface area contributed by atoms with Crippen molar-refractivity contribution in [1.29, 1.82) is 0 Å². The summed E-state index contributed by atoms with van der Waals surface area (Å²) in [4.78, 5) is 22.6. The molecular formula is C12H9N5O3. The number of hydrogen-bond acceptors (Lipinski definition) is 7. The fourth-order valence-corrected chi connectivity index (χ4v) is 1.81. The number of aromatic nitrogens is 4. The number of nitrogens with one attached hydrogen (secondary N) is 2. The molecule has 2 aromatic carbocycles. The van der Waals surface area contributed by atoms with E-state index in [0.717, 1.165) is 5.56 Å². The number of benzene rings is 1. The van der Waals surface area contributed by atoms with Crippen molar-refractivity contribution in [3.63, 3.8) is 0 Å². The molecule has 3 rings (SSSR count). The normalized spacial score (nSPS) is 10.7. The minimum absolute atomic E-state index is 0.0530. The molecule has 20 heavy (non-hydrogen) atoms. The summed E-state index contributed by atoms with van der Waals surface area (Å²) in [5.74, 6) is 0.528. The Kier molecular flexibility index (Phi) is 2.75. The smallest absolute Gasteiger partial charge is 0.272 e. The van der Waals surface area contributed by atoms with Crippen molar-refractivity contribution in [2.45, 2.75) is 0 Å². The second-order valence-corrected chi connectivity index (χ2v) is 4.00. The highest BCUT2D eigenvalue weighted by atomic mass is 16.5. The van der Waals surface area contributed by atoms with Crippen LogP contribution in [0, 0.1) is 0 Å². The number of aromatic amines is 1. The van der Waals surface area contributed by atoms with Crippen LogP contribution >= 0.6 is 0 Å². The van der Waals surface area contributed by atoms with Crippen molar-refractivity contribution in [3.05, 3.63) is 44.7 Å². The predicted molar refractivity (Wildman–Crippen MR) is 70.8 cm³/mol. The first-order valence-corrected chi connectivity index (χ1v) is 5.69. The van der Waals surface area contributed by atoms with Gasteiger partial charge in [-0.2, -0.15) is 5.21 Å². The van der Waals surface area contributed by atoms with Gasteiger partial charge in [-0.25, -0.2) is 0 Å². The number of methoxy groups -OCH3 is 1. The van der Waals surface area contributed by atoms with Gasteiger partial charge in [0, 0.05) is 11.3 Å². The van der Waals surface area contributed by atoms with Crippen molar-refractivity contribution in [3.8, 4) is 17.1 Å². The molecule has 0 radical (unpaired) electrons. The van der Waals surface area contributed by atoms with Gasteiger partial charge in [-0.15, -0.1) is 10.2 Å². The summed E-state index contributed by atoms with van der Waals surface area (Å²) in [5.41, 5.74) is 0.413. The Bertz CT molecular complexity index is 801. The molecule has 2 N–H and O–H groups in total. The van der Waals surface area contributed by atoms with E-state index in [1.165, 1.54) is 7.11 Å². The molecule has 0 spiro atoms. The Morgan fingerprint density at radius 2 is 1.90 bits per heavy atom. The Morgan fingerprint density at radius 3 is 2.50 bits per heavy atom. The van der Waals surface area contributed by atoms with Crippen LogP contribution in [0.5, 0.6) is 5.75 Å². The fourth-order valence-electron chi connectivity index (χ4n) is 1.81. The monoisotopic (exact) mass is 271 g/mol. The lowest BCUT2D eigenvalue weighted by atomic mass is 10.1. The lowest BCUT2D eigenvalue weighted by Gasteiger charge is -2.11. The van der Waals surface area contributed by atoms with E-state index in [1.807, 2.05) is 0 Å². The van der Waals surface area contributed by atoms with Crippen LogP contribution in [0.3, 0.4) is 0 Å². The molecule has 0 aliphatic carbocycles. The number of nitrogens with zero attached hydrogens (tertiary/aromatic N) is 3. The SMILES string of the molecule is COc1c(Nc2ccc(-c3nn[nH]n3)cc2)c(=O)c1=O. The van der Waals surface area contributed by atoms with Crippen LogP contribution in [0.4, 0.5) is 11.4 Å². The summed E-state index contributed by atoms with van der Waals surface area (Å²) in [5, 5.41) is 16.4. The minimum Gasteiger partial charge on any atom is -0.491 e. The van der Waals surface area contributed by atoms with Crippen molar-refractivity contribution in [2.75, 3.05) is 12.4 Å². The number of H-pyrrole nitrogens is 1. The van der Waals surface area contributed by atoms with Gasteiger partial charge >= 0.3 is 0 Å². The summed E-state index contributed by atoms with van der Waals surface area (Å²) in [7, 11) is 1.35. The molecular weight excluding hydrogens is 262 g/mol. The zero-order chi connectivity index (χ0) is 14.1. The molecule has 0 bridgehead atoms. The van der Waals surface area contributed by atoms with E-state index < -0.39 is 10.9 Å². The van der Waals surface area contributed by atoms with E-state index in [0.29, 0.717) is 11.5 Å². The second kappa shape index (κ2) is 4.57. The molecule has 0 fully saturated rings. The lowest BCUT2D eigenvalue weighted by Crippen LogP contribution is -2.34. The molecule has 0 saturated heterocycles. The fraction of sp³-hybridized carbons (Fsp3) is 0.0833. The molecule has 0 amide bonds. The molecule has 8 nitrogen and oxygen atoms in total. The summed E-state index contributed by atoms with van der Waals surface area (Å²) in [6.45, 7) is 0. The lowest BCUT2D eigenvalue weighted by molar-refractivity contribution is 0.408. The molecule has 100 valence electrons. The van der Waals surface area contributed by atoms with Crippen molar-refractivity contribution in [2.24, 2.45) is 0 Å². The third kappa shape index (κ3) is 1.83. The third-order valence-electron chi connectivity index (χ3n) is 2.83. The van der Waals surface area contributed by atoms with Crippen molar-refractivity contribution in [1.82, 2.24) is 20.6 Å². The quantitative estimate of drug-likeness (QED) is 0.653. The maximum atomic E-state index is 11.4. The maximum Gasteiger partial charge on any atom is 0.272 e. The minimum atomic E-state index is -0.613. The molecule has 0 unspecified atom stereocenters. The van der Waals surface area contributed by atoms with Gasteiger partial charge in [0.2, 0.25) is 5.82 Å². The summed E-state index contributed by atoms with van der Waals surface area (Å²) < 4.78 is 4.85. The standard InChI is InChI=1S/C12H9N5O3/c1-20-11-8(9(18)10(11)19)13-7-4-2-6(3-5-7)12-14-16-17-15-12/h2-5,13H,1H3,(H,14,15,16,17). The van der Waals surface area contributed by atoms with E-state index in [9.17, 15) is 9.59 Å². The number of anilines is 2. The number of hydrogen-bond donors (Lipinski definition) is 2. The van der Waals surface area contributed by atoms with Crippen LogP contribution in [-0.4, -0.2) is 27.7 Å². The highest BCUT2D eigenvalue weighted by Crippen LogP contribution is 2.23. The highest BCUT2D eigenvalue weighted by molar-refractivity contribution is 5.71. The third-order valence-corrected chi connectivity index (χ3v) is 2.83. The number of ether oxygens (including phenoxy) is 1. The van der Waals surface area contributed by atoms with Crippen LogP contribution in [0.15, 0.2) is 33.9 Å². The molecule has 1 heterocycles.